The van der Waals surface area contributed by atoms with E-state index in [-0.39, 0.29) is 29.9 Å². The molecular formula is C14H15NO7S. The number of fused-ring (bicyclic) bond motifs is 1. The minimum atomic E-state index is -4.45. The fourth-order valence-electron chi connectivity index (χ4n) is 2.10. The number of carbonyl (C=O) groups is 2. The van der Waals surface area contributed by atoms with E-state index in [1.165, 1.54) is 6.07 Å². The topological polar surface area (TPSA) is 123 Å². The molecule has 0 radical (unpaired) electrons. The molecule has 0 aliphatic heterocycles. The first-order chi connectivity index (χ1) is 10.8. The Morgan fingerprint density at radius 3 is 2.30 bits per heavy atom. The molecule has 0 spiro atoms. The third-order valence-electron chi connectivity index (χ3n) is 3.03. The zero-order valence-electron chi connectivity index (χ0n) is 12.5. The zero-order chi connectivity index (χ0) is 17.2. The summed E-state index contributed by atoms with van der Waals surface area (Å²) in [5.41, 5.74) is 0.0714. The molecule has 0 unspecified atom stereocenters. The van der Waals surface area contributed by atoms with Crippen molar-refractivity contribution >= 4 is 33.0 Å². The second-order valence-corrected chi connectivity index (χ2v) is 5.92. The standard InChI is InChI=1S/C14H15NO7S/c1-3-21-13(16)11-9-7-8(23(18,19)20)5-6-10(9)15-12(11)14(17)22-4-2/h5-7,15H,3-4H2,1-2H3,(H,18,19,20). The molecular weight excluding hydrogens is 326 g/mol. The largest absolute Gasteiger partial charge is 0.462 e. The molecule has 0 bridgehead atoms. The van der Waals surface area contributed by atoms with Crippen LogP contribution in [0.15, 0.2) is 23.1 Å². The van der Waals surface area contributed by atoms with Gasteiger partial charge in [0.15, 0.2) is 0 Å². The third kappa shape index (κ3) is 3.35. The lowest BCUT2D eigenvalue weighted by Crippen LogP contribution is -2.13. The fraction of sp³-hybridized carbons (Fsp3) is 0.286. The van der Waals surface area contributed by atoms with E-state index in [1.54, 1.807) is 13.8 Å². The maximum Gasteiger partial charge on any atom is 0.355 e. The summed E-state index contributed by atoms with van der Waals surface area (Å²) >= 11 is 0. The van der Waals surface area contributed by atoms with Crippen LogP contribution in [0.25, 0.3) is 10.9 Å². The number of ether oxygens (including phenoxy) is 2. The first-order valence-electron chi connectivity index (χ1n) is 6.77. The van der Waals surface area contributed by atoms with Crippen molar-refractivity contribution in [3.63, 3.8) is 0 Å². The molecule has 0 saturated heterocycles. The van der Waals surface area contributed by atoms with E-state index in [4.69, 9.17) is 14.0 Å². The smallest absolute Gasteiger partial charge is 0.355 e. The molecule has 0 saturated carbocycles. The molecule has 2 N–H and O–H groups in total. The molecule has 0 aliphatic rings. The Morgan fingerprint density at radius 2 is 1.74 bits per heavy atom. The number of aromatic nitrogens is 1. The van der Waals surface area contributed by atoms with Gasteiger partial charge in [0, 0.05) is 10.9 Å². The van der Waals surface area contributed by atoms with Gasteiger partial charge in [-0.25, -0.2) is 9.59 Å². The number of rotatable bonds is 5. The molecule has 8 nitrogen and oxygen atoms in total. The fourth-order valence-corrected chi connectivity index (χ4v) is 2.61. The summed E-state index contributed by atoms with van der Waals surface area (Å²) in [6.07, 6.45) is 0. The van der Waals surface area contributed by atoms with E-state index in [2.05, 4.69) is 4.98 Å². The van der Waals surface area contributed by atoms with Crippen LogP contribution in [0.2, 0.25) is 0 Å². The average molecular weight is 341 g/mol. The van der Waals surface area contributed by atoms with Gasteiger partial charge in [0.2, 0.25) is 0 Å². The minimum absolute atomic E-state index is 0.0752. The number of aromatic amines is 1. The number of carbonyl (C=O) groups excluding carboxylic acids is 2. The highest BCUT2D eigenvalue weighted by Gasteiger charge is 2.26. The van der Waals surface area contributed by atoms with Gasteiger partial charge in [-0.1, -0.05) is 0 Å². The van der Waals surface area contributed by atoms with Gasteiger partial charge in [0.05, 0.1) is 23.7 Å². The minimum Gasteiger partial charge on any atom is -0.462 e. The zero-order valence-corrected chi connectivity index (χ0v) is 13.3. The molecule has 1 aromatic carbocycles. The second kappa shape index (κ2) is 6.39. The van der Waals surface area contributed by atoms with E-state index in [9.17, 15) is 18.0 Å². The highest BCUT2D eigenvalue weighted by Crippen LogP contribution is 2.27. The molecule has 9 heteroatoms. The lowest BCUT2D eigenvalue weighted by molar-refractivity contribution is 0.0477. The van der Waals surface area contributed by atoms with E-state index >= 15 is 0 Å². The maximum atomic E-state index is 12.1. The third-order valence-corrected chi connectivity index (χ3v) is 3.88. The highest BCUT2D eigenvalue weighted by atomic mass is 32.2. The van der Waals surface area contributed by atoms with Crippen molar-refractivity contribution < 1.29 is 32.0 Å². The number of hydrogen-bond acceptors (Lipinski definition) is 6. The summed E-state index contributed by atoms with van der Waals surface area (Å²) in [6.45, 7) is 3.39. The number of nitrogens with one attached hydrogen (secondary N) is 1. The Labute approximate surface area is 132 Å². The Kier molecular flexibility index (Phi) is 4.71. The average Bonchev–Trinajstić information content (AvgIpc) is 2.85. The van der Waals surface area contributed by atoms with Crippen LogP contribution >= 0.6 is 0 Å². The van der Waals surface area contributed by atoms with Crippen LogP contribution in [-0.4, -0.2) is 43.1 Å². The van der Waals surface area contributed by atoms with Crippen LogP contribution in [0.1, 0.15) is 34.7 Å². The Hall–Kier alpha value is -2.39. The van der Waals surface area contributed by atoms with Gasteiger partial charge in [0.1, 0.15) is 5.69 Å². The Bertz CT molecular complexity index is 867. The van der Waals surface area contributed by atoms with Crippen molar-refractivity contribution in [1.82, 2.24) is 4.98 Å². The van der Waals surface area contributed by atoms with Crippen LogP contribution in [-0.2, 0) is 19.6 Å². The lowest BCUT2D eigenvalue weighted by Gasteiger charge is -2.04. The van der Waals surface area contributed by atoms with E-state index < -0.39 is 27.0 Å². The SMILES string of the molecule is CCOC(=O)c1[nH]c2ccc(S(=O)(=O)O)cc2c1C(=O)OCC. The molecule has 124 valence electrons. The van der Waals surface area contributed by atoms with E-state index in [1.807, 2.05) is 0 Å². The molecule has 2 rings (SSSR count). The van der Waals surface area contributed by atoms with Crippen LogP contribution < -0.4 is 0 Å². The van der Waals surface area contributed by atoms with E-state index in [0.717, 1.165) is 12.1 Å². The van der Waals surface area contributed by atoms with Crippen molar-refractivity contribution in [1.29, 1.82) is 0 Å². The van der Waals surface area contributed by atoms with Crippen LogP contribution in [0.5, 0.6) is 0 Å². The number of benzene rings is 1. The monoisotopic (exact) mass is 341 g/mol. The van der Waals surface area contributed by atoms with Crippen molar-refractivity contribution in [2.45, 2.75) is 18.7 Å². The lowest BCUT2D eigenvalue weighted by atomic mass is 10.1. The normalized spacial score (nSPS) is 11.4. The summed E-state index contributed by atoms with van der Waals surface area (Å²) < 4.78 is 41.5. The molecule has 0 amide bonds. The van der Waals surface area contributed by atoms with Crippen LogP contribution in [0.3, 0.4) is 0 Å². The molecule has 23 heavy (non-hydrogen) atoms. The number of hydrogen-bond donors (Lipinski definition) is 2. The van der Waals surface area contributed by atoms with Gasteiger partial charge in [0.25, 0.3) is 10.1 Å². The van der Waals surface area contributed by atoms with Gasteiger partial charge in [-0.15, -0.1) is 0 Å². The van der Waals surface area contributed by atoms with Crippen molar-refractivity contribution in [2.75, 3.05) is 13.2 Å². The van der Waals surface area contributed by atoms with Crippen LogP contribution in [0, 0.1) is 0 Å². The highest BCUT2D eigenvalue weighted by molar-refractivity contribution is 7.85. The van der Waals surface area contributed by atoms with Gasteiger partial charge in [-0.05, 0) is 32.0 Å². The molecule has 0 fully saturated rings. The number of esters is 2. The van der Waals surface area contributed by atoms with Gasteiger partial charge < -0.3 is 14.5 Å². The Balaban J connectivity index is 2.73. The maximum absolute atomic E-state index is 12.1. The summed E-state index contributed by atoms with van der Waals surface area (Å²) in [6, 6.07) is 3.58. The molecule has 2 aromatic rings. The molecule has 0 atom stereocenters. The van der Waals surface area contributed by atoms with Crippen molar-refractivity contribution in [3.8, 4) is 0 Å². The van der Waals surface area contributed by atoms with Crippen molar-refractivity contribution in [3.05, 3.63) is 29.5 Å². The van der Waals surface area contributed by atoms with E-state index in [0.29, 0.717) is 5.52 Å². The molecule has 0 aliphatic carbocycles. The van der Waals surface area contributed by atoms with Gasteiger partial charge in [-0.2, -0.15) is 8.42 Å². The second-order valence-electron chi connectivity index (χ2n) is 4.50. The van der Waals surface area contributed by atoms with Crippen LogP contribution in [0.4, 0.5) is 0 Å². The summed E-state index contributed by atoms with van der Waals surface area (Å²) in [5, 5.41) is 0.140. The molecule has 1 aromatic heterocycles. The summed E-state index contributed by atoms with van der Waals surface area (Å²) in [4.78, 5) is 26.5. The first-order valence-corrected chi connectivity index (χ1v) is 8.21. The summed E-state index contributed by atoms with van der Waals surface area (Å²) in [7, 11) is -4.45. The van der Waals surface area contributed by atoms with Gasteiger partial charge in [-0.3, -0.25) is 4.55 Å². The molecule has 1 heterocycles. The predicted octanol–water partition coefficient (Wildman–Crippen LogP) is 1.77. The predicted molar refractivity (Wildman–Crippen MR) is 80.0 cm³/mol. The van der Waals surface area contributed by atoms with Gasteiger partial charge >= 0.3 is 11.9 Å². The van der Waals surface area contributed by atoms with Crippen molar-refractivity contribution in [2.24, 2.45) is 0 Å². The quantitative estimate of drug-likeness (QED) is 0.627. The Morgan fingerprint density at radius 1 is 1.13 bits per heavy atom. The summed E-state index contributed by atoms with van der Waals surface area (Å²) in [5.74, 6) is -1.56. The first kappa shape index (κ1) is 17.0. The number of H-pyrrole nitrogens is 1.